The molecule has 0 radical (unpaired) electrons. The number of halogens is 1. The Labute approximate surface area is 162 Å². The highest BCUT2D eigenvalue weighted by Gasteiger charge is 2.38. The fourth-order valence-electron chi connectivity index (χ4n) is 3.25. The van der Waals surface area contributed by atoms with E-state index in [0.29, 0.717) is 23.0 Å². The summed E-state index contributed by atoms with van der Waals surface area (Å²) in [6.07, 6.45) is -0.501. The van der Waals surface area contributed by atoms with E-state index in [1.54, 1.807) is 19.1 Å². The molecule has 144 valence electrons. The van der Waals surface area contributed by atoms with Gasteiger partial charge in [-0.3, -0.25) is 9.59 Å². The minimum Gasteiger partial charge on any atom is -0.391 e. The van der Waals surface area contributed by atoms with Crippen molar-refractivity contribution >= 4 is 23.4 Å². The third-order valence-electron chi connectivity index (χ3n) is 4.66. The summed E-state index contributed by atoms with van der Waals surface area (Å²) >= 11 is 5.95. The molecule has 27 heavy (non-hydrogen) atoms. The van der Waals surface area contributed by atoms with Crippen molar-refractivity contribution in [1.82, 2.24) is 15.4 Å². The number of aliphatic hydroxyl groups is 1. The van der Waals surface area contributed by atoms with E-state index in [1.165, 1.54) is 4.90 Å². The van der Waals surface area contributed by atoms with E-state index in [0.717, 1.165) is 11.1 Å². The monoisotopic (exact) mass is 391 g/mol. The van der Waals surface area contributed by atoms with Crippen molar-refractivity contribution in [3.8, 4) is 0 Å². The summed E-state index contributed by atoms with van der Waals surface area (Å²) in [4.78, 5) is 26.6. The van der Waals surface area contributed by atoms with Crippen LogP contribution in [0.15, 0.2) is 28.8 Å². The second-order valence-electron chi connectivity index (χ2n) is 6.85. The van der Waals surface area contributed by atoms with Crippen molar-refractivity contribution in [1.29, 1.82) is 0 Å². The molecule has 2 heterocycles. The number of carbonyl (C=O) groups excluding carboxylic acids is 2. The number of aliphatic hydroxyl groups excluding tert-OH is 1. The Kier molecular flexibility index (Phi) is 5.82. The van der Waals surface area contributed by atoms with Crippen LogP contribution in [0.1, 0.15) is 29.0 Å². The quantitative estimate of drug-likeness (QED) is 0.809. The summed E-state index contributed by atoms with van der Waals surface area (Å²) in [6.45, 7) is 4.15. The Hall–Kier alpha value is -2.38. The molecule has 1 aliphatic heterocycles. The van der Waals surface area contributed by atoms with Crippen LogP contribution in [0.3, 0.4) is 0 Å². The van der Waals surface area contributed by atoms with Crippen molar-refractivity contribution in [2.45, 2.75) is 45.4 Å². The van der Waals surface area contributed by atoms with Gasteiger partial charge < -0.3 is 19.8 Å². The molecule has 2 N–H and O–H groups in total. The molecular weight excluding hydrogens is 370 g/mol. The molecular formula is C19H22ClN3O4. The molecule has 0 saturated carbocycles. The number of rotatable bonds is 5. The van der Waals surface area contributed by atoms with Crippen molar-refractivity contribution < 1.29 is 19.2 Å². The first-order valence-corrected chi connectivity index (χ1v) is 9.13. The maximum atomic E-state index is 12.6. The van der Waals surface area contributed by atoms with E-state index >= 15 is 0 Å². The molecule has 1 aliphatic rings. The number of aryl methyl sites for hydroxylation is 2. The van der Waals surface area contributed by atoms with Gasteiger partial charge in [0.25, 0.3) is 0 Å². The van der Waals surface area contributed by atoms with Crippen LogP contribution in [-0.4, -0.2) is 45.7 Å². The van der Waals surface area contributed by atoms with E-state index < -0.39 is 12.1 Å². The first-order chi connectivity index (χ1) is 12.8. The normalized spacial score (nSPS) is 19.3. The predicted molar refractivity (Wildman–Crippen MR) is 99.1 cm³/mol. The summed E-state index contributed by atoms with van der Waals surface area (Å²) in [5.74, 6) is -0.122. The van der Waals surface area contributed by atoms with Crippen molar-refractivity contribution in [3.63, 3.8) is 0 Å². The third kappa shape index (κ3) is 4.67. The number of nitrogens with one attached hydrogen (secondary N) is 1. The minimum atomic E-state index is -0.724. The molecule has 1 saturated heterocycles. The third-order valence-corrected chi connectivity index (χ3v) is 4.90. The first-order valence-electron chi connectivity index (χ1n) is 8.76. The molecule has 0 bridgehead atoms. The van der Waals surface area contributed by atoms with Gasteiger partial charge in [0.15, 0.2) is 0 Å². The van der Waals surface area contributed by atoms with Gasteiger partial charge in [0.1, 0.15) is 11.8 Å². The van der Waals surface area contributed by atoms with Crippen LogP contribution in [0.4, 0.5) is 0 Å². The van der Waals surface area contributed by atoms with Crippen LogP contribution in [0.25, 0.3) is 0 Å². The van der Waals surface area contributed by atoms with Crippen molar-refractivity contribution in [3.05, 3.63) is 51.9 Å². The van der Waals surface area contributed by atoms with Gasteiger partial charge in [0.05, 0.1) is 18.2 Å². The Morgan fingerprint density at radius 2 is 2.15 bits per heavy atom. The van der Waals surface area contributed by atoms with E-state index in [2.05, 4.69) is 10.5 Å². The molecule has 1 fully saturated rings. The van der Waals surface area contributed by atoms with Gasteiger partial charge in [0, 0.05) is 30.6 Å². The molecule has 0 spiro atoms. The number of hydrogen-bond acceptors (Lipinski definition) is 5. The number of benzene rings is 1. The van der Waals surface area contributed by atoms with E-state index in [1.807, 2.05) is 19.1 Å². The highest BCUT2D eigenvalue weighted by Crippen LogP contribution is 2.21. The smallest absolute Gasteiger partial charge is 0.243 e. The summed E-state index contributed by atoms with van der Waals surface area (Å²) in [5, 5.41) is 17.2. The van der Waals surface area contributed by atoms with Gasteiger partial charge in [-0.15, -0.1) is 0 Å². The second kappa shape index (κ2) is 8.10. The Morgan fingerprint density at radius 1 is 1.37 bits per heavy atom. The van der Waals surface area contributed by atoms with Crippen molar-refractivity contribution in [2.24, 2.45) is 0 Å². The number of likely N-dealkylation sites (tertiary alicyclic amines) is 1. The molecule has 2 unspecified atom stereocenters. The lowest BCUT2D eigenvalue weighted by Crippen LogP contribution is -2.46. The average Bonchev–Trinajstić information content (AvgIpc) is 3.19. The molecule has 1 aromatic carbocycles. The zero-order valence-electron chi connectivity index (χ0n) is 15.2. The van der Waals surface area contributed by atoms with E-state index in [9.17, 15) is 14.7 Å². The molecule has 2 aromatic rings. The highest BCUT2D eigenvalue weighted by molar-refractivity contribution is 6.30. The number of amides is 2. The number of carbonyl (C=O) groups is 2. The molecule has 1 aromatic heterocycles. The minimum absolute atomic E-state index is 0.00757. The number of hydrogen-bond donors (Lipinski definition) is 2. The molecule has 0 aliphatic carbocycles. The SMILES string of the molecule is Cc1cc(CC(=O)N2CC(O)CC2C(=O)NCc2ccc(Cl)cc2C)on1. The summed E-state index contributed by atoms with van der Waals surface area (Å²) in [7, 11) is 0. The number of aromatic nitrogens is 1. The highest BCUT2D eigenvalue weighted by atomic mass is 35.5. The summed E-state index contributed by atoms with van der Waals surface area (Å²) in [6, 6.07) is 6.44. The lowest BCUT2D eigenvalue weighted by Gasteiger charge is -2.23. The fourth-order valence-corrected chi connectivity index (χ4v) is 3.47. The first kappa shape index (κ1) is 19.4. The Balaban J connectivity index is 1.63. The molecule has 2 atom stereocenters. The molecule has 3 rings (SSSR count). The number of β-amino-alcohol motifs (C(OH)–C–C–N with tert-alkyl or cyclic N) is 1. The van der Waals surface area contributed by atoms with E-state index in [4.69, 9.17) is 16.1 Å². The topological polar surface area (TPSA) is 95.7 Å². The zero-order valence-corrected chi connectivity index (χ0v) is 16.0. The zero-order chi connectivity index (χ0) is 19.6. The van der Waals surface area contributed by atoms with Crippen LogP contribution in [0, 0.1) is 13.8 Å². The van der Waals surface area contributed by atoms with Gasteiger partial charge in [-0.25, -0.2) is 0 Å². The van der Waals surface area contributed by atoms with Crippen LogP contribution in [-0.2, 0) is 22.6 Å². The average molecular weight is 392 g/mol. The van der Waals surface area contributed by atoms with Gasteiger partial charge in [-0.05, 0) is 37.1 Å². The van der Waals surface area contributed by atoms with Gasteiger partial charge >= 0.3 is 0 Å². The standard InChI is InChI=1S/C19H22ClN3O4/c1-11-5-14(20)4-3-13(11)9-21-19(26)17-7-15(24)10-23(17)18(25)8-16-6-12(2)22-27-16/h3-6,15,17,24H,7-10H2,1-2H3,(H,21,26). The lowest BCUT2D eigenvalue weighted by molar-refractivity contribution is -0.138. The number of nitrogens with zero attached hydrogens (tertiary/aromatic N) is 2. The van der Waals surface area contributed by atoms with Crippen LogP contribution < -0.4 is 5.32 Å². The molecule has 7 nitrogen and oxygen atoms in total. The van der Waals surface area contributed by atoms with Crippen LogP contribution in [0.5, 0.6) is 0 Å². The lowest BCUT2D eigenvalue weighted by atomic mass is 10.1. The van der Waals surface area contributed by atoms with Gasteiger partial charge in [-0.2, -0.15) is 0 Å². The van der Waals surface area contributed by atoms with Gasteiger partial charge in [-0.1, -0.05) is 22.8 Å². The van der Waals surface area contributed by atoms with Crippen LogP contribution in [0.2, 0.25) is 5.02 Å². The van der Waals surface area contributed by atoms with Gasteiger partial charge in [0.2, 0.25) is 11.8 Å². The van der Waals surface area contributed by atoms with Crippen LogP contribution >= 0.6 is 11.6 Å². The predicted octanol–water partition coefficient (Wildman–Crippen LogP) is 1.77. The summed E-state index contributed by atoms with van der Waals surface area (Å²) < 4.78 is 5.07. The summed E-state index contributed by atoms with van der Waals surface area (Å²) in [5.41, 5.74) is 2.61. The fraction of sp³-hybridized carbons (Fsp3) is 0.421. The molecule has 2 amide bonds. The largest absolute Gasteiger partial charge is 0.391 e. The Bertz CT molecular complexity index is 851. The maximum Gasteiger partial charge on any atom is 0.243 e. The maximum absolute atomic E-state index is 12.6. The Morgan fingerprint density at radius 3 is 2.81 bits per heavy atom. The van der Waals surface area contributed by atoms with Crippen molar-refractivity contribution in [2.75, 3.05) is 6.54 Å². The second-order valence-corrected chi connectivity index (χ2v) is 7.29. The van der Waals surface area contributed by atoms with E-state index in [-0.39, 0.29) is 31.2 Å². The molecule has 8 heteroatoms.